The quantitative estimate of drug-likeness (QED) is 0.664. The number of anilines is 1. The summed E-state index contributed by atoms with van der Waals surface area (Å²) in [6, 6.07) is 4.28. The zero-order valence-electron chi connectivity index (χ0n) is 8.11. The van der Waals surface area contributed by atoms with Crippen molar-refractivity contribution in [3.63, 3.8) is 0 Å². The number of primary amides is 1. The van der Waals surface area contributed by atoms with Gasteiger partial charge in [0.25, 0.3) is 0 Å². The molecule has 0 fully saturated rings. The van der Waals surface area contributed by atoms with Crippen LogP contribution < -0.4 is 21.5 Å². The first-order chi connectivity index (χ1) is 7.04. The lowest BCUT2D eigenvalue weighted by molar-refractivity contribution is 0.259. The number of amides is 2. The average Bonchev–Trinajstić information content (AvgIpc) is 2.17. The van der Waals surface area contributed by atoms with Gasteiger partial charge >= 0.3 is 6.03 Å². The second-order valence-corrected chi connectivity index (χ2v) is 3.21. The molecule has 0 aliphatic heterocycles. The first-order valence-electron chi connectivity index (χ1n) is 4.09. The number of rotatable bonds is 3. The Labute approximate surface area is 92.4 Å². The zero-order valence-corrected chi connectivity index (χ0v) is 8.93. The Morgan fingerprint density at radius 2 is 2.13 bits per heavy atom. The maximum atomic E-state index is 10.7. The van der Waals surface area contributed by atoms with Crippen molar-refractivity contribution in [3.8, 4) is 5.75 Å². The van der Waals surface area contributed by atoms with E-state index in [1.807, 2.05) is 0 Å². The summed E-state index contributed by atoms with van der Waals surface area (Å²) in [5.41, 5.74) is 11.6. The average molecular weight is 225 g/mol. The molecular formula is C9H11N3O2S. The Bertz CT molecular complexity index is 406. The van der Waals surface area contributed by atoms with Crippen molar-refractivity contribution in [1.29, 1.82) is 0 Å². The number of ether oxygens (including phenoxy) is 1. The van der Waals surface area contributed by atoms with E-state index in [1.54, 1.807) is 18.2 Å². The summed E-state index contributed by atoms with van der Waals surface area (Å²) in [6.45, 7) is 0. The Hall–Kier alpha value is -1.82. The number of nitrogens with one attached hydrogen (secondary N) is 1. The summed E-state index contributed by atoms with van der Waals surface area (Å²) in [6.07, 6.45) is 0. The summed E-state index contributed by atoms with van der Waals surface area (Å²) >= 11 is 4.81. The highest BCUT2D eigenvalue weighted by Gasteiger charge is 2.06. The molecular weight excluding hydrogens is 214 g/mol. The van der Waals surface area contributed by atoms with E-state index >= 15 is 0 Å². The number of carbonyl (C=O) groups is 1. The van der Waals surface area contributed by atoms with Crippen LogP contribution in [0.1, 0.15) is 5.56 Å². The molecule has 0 bridgehead atoms. The van der Waals surface area contributed by atoms with Crippen LogP contribution in [0.2, 0.25) is 0 Å². The number of carbonyl (C=O) groups excluding carboxylic acids is 1. The number of methoxy groups -OCH3 is 1. The van der Waals surface area contributed by atoms with Gasteiger partial charge in [0.1, 0.15) is 10.7 Å². The second kappa shape index (κ2) is 4.61. The van der Waals surface area contributed by atoms with E-state index in [9.17, 15) is 4.79 Å². The molecule has 0 atom stereocenters. The molecule has 1 aromatic rings. The fourth-order valence-electron chi connectivity index (χ4n) is 1.08. The van der Waals surface area contributed by atoms with Crippen molar-refractivity contribution in [2.24, 2.45) is 11.5 Å². The summed E-state index contributed by atoms with van der Waals surface area (Å²) < 4.78 is 5.05. The van der Waals surface area contributed by atoms with Crippen LogP contribution in [0.4, 0.5) is 10.5 Å². The summed E-state index contributed by atoms with van der Waals surface area (Å²) in [5, 5.41) is 2.42. The van der Waals surface area contributed by atoms with Crippen LogP contribution in [0.25, 0.3) is 0 Å². The molecule has 5 nitrogen and oxygen atoms in total. The van der Waals surface area contributed by atoms with E-state index in [0.717, 1.165) is 0 Å². The molecule has 0 aliphatic carbocycles. The molecule has 0 saturated heterocycles. The van der Waals surface area contributed by atoms with E-state index in [-0.39, 0.29) is 4.99 Å². The third-order valence-electron chi connectivity index (χ3n) is 1.74. The van der Waals surface area contributed by atoms with Gasteiger partial charge in [-0.05, 0) is 18.2 Å². The molecule has 0 aromatic heterocycles. The van der Waals surface area contributed by atoms with Gasteiger partial charge in [-0.1, -0.05) is 12.2 Å². The third kappa shape index (κ3) is 2.81. The van der Waals surface area contributed by atoms with Gasteiger partial charge in [0.15, 0.2) is 0 Å². The minimum atomic E-state index is -0.656. The van der Waals surface area contributed by atoms with E-state index < -0.39 is 6.03 Å². The molecule has 0 spiro atoms. The van der Waals surface area contributed by atoms with Gasteiger partial charge < -0.3 is 21.5 Å². The number of hydrogen-bond donors (Lipinski definition) is 3. The Morgan fingerprint density at radius 3 is 2.60 bits per heavy atom. The minimum absolute atomic E-state index is 0.263. The van der Waals surface area contributed by atoms with Gasteiger partial charge in [-0.15, -0.1) is 0 Å². The minimum Gasteiger partial charge on any atom is -0.495 e. The van der Waals surface area contributed by atoms with Gasteiger partial charge in [-0.25, -0.2) is 4.79 Å². The molecule has 1 rings (SSSR count). The topological polar surface area (TPSA) is 90.4 Å². The van der Waals surface area contributed by atoms with Crippen molar-refractivity contribution in [3.05, 3.63) is 23.8 Å². The smallest absolute Gasteiger partial charge is 0.316 e. The predicted molar refractivity (Wildman–Crippen MR) is 62.1 cm³/mol. The molecule has 1 aromatic carbocycles. The molecule has 0 saturated carbocycles. The van der Waals surface area contributed by atoms with E-state index in [2.05, 4.69) is 5.32 Å². The van der Waals surface area contributed by atoms with Crippen molar-refractivity contribution >= 4 is 28.9 Å². The van der Waals surface area contributed by atoms with Crippen molar-refractivity contribution in [1.82, 2.24) is 0 Å². The number of nitrogens with two attached hydrogens (primary N) is 2. The van der Waals surface area contributed by atoms with E-state index in [0.29, 0.717) is 17.0 Å². The number of hydrogen-bond acceptors (Lipinski definition) is 3. The molecule has 80 valence electrons. The van der Waals surface area contributed by atoms with Gasteiger partial charge in [-0.3, -0.25) is 0 Å². The standard InChI is InChI=1S/C9H11N3O2S/c1-14-7-4-5(8(10)15)2-3-6(7)12-9(11)13/h2-4H,1H3,(H2,10,15)(H3,11,12,13). The maximum absolute atomic E-state index is 10.7. The number of benzene rings is 1. The highest BCUT2D eigenvalue weighted by atomic mass is 32.1. The summed E-state index contributed by atoms with van der Waals surface area (Å²) in [7, 11) is 1.48. The van der Waals surface area contributed by atoms with Gasteiger partial charge in [0.2, 0.25) is 0 Å². The third-order valence-corrected chi connectivity index (χ3v) is 1.98. The molecule has 0 radical (unpaired) electrons. The molecule has 0 unspecified atom stereocenters. The van der Waals surface area contributed by atoms with E-state index in [4.69, 9.17) is 28.4 Å². The first-order valence-corrected chi connectivity index (χ1v) is 4.49. The van der Waals surface area contributed by atoms with Crippen LogP contribution >= 0.6 is 12.2 Å². The van der Waals surface area contributed by atoms with Crippen LogP contribution in [0.3, 0.4) is 0 Å². The lowest BCUT2D eigenvalue weighted by Crippen LogP contribution is -2.20. The van der Waals surface area contributed by atoms with Crippen LogP contribution in [0.5, 0.6) is 5.75 Å². The fourth-order valence-corrected chi connectivity index (χ4v) is 1.21. The highest BCUT2D eigenvalue weighted by Crippen LogP contribution is 2.25. The van der Waals surface area contributed by atoms with E-state index in [1.165, 1.54) is 7.11 Å². The predicted octanol–water partition coefficient (Wildman–Crippen LogP) is 0.820. The van der Waals surface area contributed by atoms with Crippen LogP contribution in [-0.2, 0) is 0 Å². The van der Waals surface area contributed by atoms with Crippen LogP contribution in [-0.4, -0.2) is 18.1 Å². The molecule has 2 amide bonds. The van der Waals surface area contributed by atoms with Gasteiger partial charge in [0.05, 0.1) is 12.8 Å². The fraction of sp³-hybridized carbons (Fsp3) is 0.111. The van der Waals surface area contributed by atoms with Crippen molar-refractivity contribution in [2.75, 3.05) is 12.4 Å². The lowest BCUT2D eigenvalue weighted by atomic mass is 10.2. The SMILES string of the molecule is COc1cc(C(N)=S)ccc1NC(N)=O. The van der Waals surface area contributed by atoms with Gasteiger partial charge in [-0.2, -0.15) is 0 Å². The maximum Gasteiger partial charge on any atom is 0.316 e. The largest absolute Gasteiger partial charge is 0.495 e. The Kier molecular flexibility index (Phi) is 3.46. The first kappa shape index (κ1) is 11.3. The number of urea groups is 1. The molecule has 15 heavy (non-hydrogen) atoms. The van der Waals surface area contributed by atoms with Crippen LogP contribution in [0.15, 0.2) is 18.2 Å². The second-order valence-electron chi connectivity index (χ2n) is 2.77. The van der Waals surface area contributed by atoms with Crippen molar-refractivity contribution < 1.29 is 9.53 Å². The normalized spacial score (nSPS) is 9.40. The Morgan fingerprint density at radius 1 is 1.47 bits per heavy atom. The zero-order chi connectivity index (χ0) is 11.4. The summed E-state index contributed by atoms with van der Waals surface area (Å²) in [4.78, 5) is 10.9. The number of thiocarbonyl (C=S) groups is 1. The molecule has 0 aliphatic rings. The van der Waals surface area contributed by atoms with Gasteiger partial charge in [0, 0.05) is 5.56 Å². The molecule has 0 heterocycles. The molecule has 6 heteroatoms. The monoisotopic (exact) mass is 225 g/mol. The molecule has 5 N–H and O–H groups in total. The summed E-state index contributed by atoms with van der Waals surface area (Å²) in [5.74, 6) is 0.458. The Balaban J connectivity index is 3.08. The van der Waals surface area contributed by atoms with Crippen molar-refractivity contribution in [2.45, 2.75) is 0 Å². The highest BCUT2D eigenvalue weighted by molar-refractivity contribution is 7.80. The van der Waals surface area contributed by atoms with Crippen LogP contribution in [0, 0.1) is 0 Å². The lowest BCUT2D eigenvalue weighted by Gasteiger charge is -2.09.